The van der Waals surface area contributed by atoms with Gasteiger partial charge in [0.05, 0.1) is 27.8 Å². The second kappa shape index (κ2) is 6.84. The van der Waals surface area contributed by atoms with Gasteiger partial charge in [0.15, 0.2) is 11.5 Å². The molecule has 0 saturated heterocycles. The lowest BCUT2D eigenvalue weighted by atomic mass is 10.0. The van der Waals surface area contributed by atoms with Crippen LogP contribution in [0.5, 0.6) is 17.2 Å². The Morgan fingerprint density at radius 1 is 1.16 bits per heavy atom. The molecule has 6 heteroatoms. The van der Waals surface area contributed by atoms with Crippen molar-refractivity contribution in [2.75, 3.05) is 21.3 Å². The minimum Gasteiger partial charge on any atom is -0.496 e. The molecular formula is C13H19NO5. The average molecular weight is 269 g/mol. The first kappa shape index (κ1) is 15.1. The lowest BCUT2D eigenvalue weighted by Gasteiger charge is -2.16. The Labute approximate surface area is 112 Å². The highest BCUT2D eigenvalue weighted by Crippen LogP contribution is 2.35. The maximum atomic E-state index is 10.6. The lowest BCUT2D eigenvalue weighted by Crippen LogP contribution is -2.26. The van der Waals surface area contributed by atoms with Crippen molar-refractivity contribution in [3.63, 3.8) is 0 Å². The molecule has 19 heavy (non-hydrogen) atoms. The van der Waals surface area contributed by atoms with Crippen molar-refractivity contribution in [1.29, 1.82) is 0 Å². The molecule has 1 atom stereocenters. The van der Waals surface area contributed by atoms with Crippen LogP contribution in [-0.4, -0.2) is 38.4 Å². The number of hydrogen-bond acceptors (Lipinski definition) is 5. The second-order valence-electron chi connectivity index (χ2n) is 4.08. The highest BCUT2D eigenvalue weighted by molar-refractivity contribution is 5.67. The van der Waals surface area contributed by atoms with Crippen LogP contribution in [0.1, 0.15) is 12.0 Å². The van der Waals surface area contributed by atoms with E-state index in [-0.39, 0.29) is 6.42 Å². The van der Waals surface area contributed by atoms with Crippen molar-refractivity contribution in [1.82, 2.24) is 0 Å². The molecule has 0 radical (unpaired) electrons. The van der Waals surface area contributed by atoms with Crippen LogP contribution in [0, 0.1) is 0 Å². The van der Waals surface area contributed by atoms with Gasteiger partial charge >= 0.3 is 5.97 Å². The number of carboxylic acid groups (broad SMARTS) is 1. The molecule has 0 bridgehead atoms. The molecule has 0 aliphatic heterocycles. The number of carbonyl (C=O) groups is 1. The molecule has 0 heterocycles. The summed E-state index contributed by atoms with van der Waals surface area (Å²) in [6, 6.07) is 2.96. The molecule has 0 amide bonds. The van der Waals surface area contributed by atoms with Gasteiger partial charge in [-0.15, -0.1) is 0 Å². The summed E-state index contributed by atoms with van der Waals surface area (Å²) in [7, 11) is 4.60. The molecule has 0 fully saturated rings. The fourth-order valence-corrected chi connectivity index (χ4v) is 1.83. The second-order valence-corrected chi connectivity index (χ2v) is 4.08. The van der Waals surface area contributed by atoms with Crippen LogP contribution in [0.3, 0.4) is 0 Å². The summed E-state index contributed by atoms with van der Waals surface area (Å²) in [6.45, 7) is 0. The Balaban J connectivity index is 3.01. The molecule has 0 aliphatic carbocycles. The van der Waals surface area contributed by atoms with Gasteiger partial charge in [-0.2, -0.15) is 0 Å². The highest BCUT2D eigenvalue weighted by atomic mass is 16.5. The summed E-state index contributed by atoms with van der Waals surface area (Å²) in [4.78, 5) is 10.6. The zero-order valence-corrected chi connectivity index (χ0v) is 11.3. The van der Waals surface area contributed by atoms with E-state index >= 15 is 0 Å². The first-order chi connectivity index (χ1) is 9.01. The fraction of sp³-hybridized carbons (Fsp3) is 0.462. The molecule has 0 aromatic heterocycles. The lowest BCUT2D eigenvalue weighted by molar-refractivity contribution is -0.137. The van der Waals surface area contributed by atoms with Gasteiger partial charge < -0.3 is 25.1 Å². The summed E-state index contributed by atoms with van der Waals surface area (Å²) in [6.07, 6.45) is 0.285. The Morgan fingerprint density at radius 2 is 1.68 bits per heavy atom. The van der Waals surface area contributed by atoms with Gasteiger partial charge in [-0.25, -0.2) is 0 Å². The number of rotatable bonds is 7. The minimum atomic E-state index is -0.924. The van der Waals surface area contributed by atoms with E-state index in [0.29, 0.717) is 23.7 Å². The minimum absolute atomic E-state index is 0.0997. The Hall–Kier alpha value is -1.95. The molecule has 3 N–H and O–H groups in total. The number of benzene rings is 1. The van der Waals surface area contributed by atoms with Crippen molar-refractivity contribution in [3.05, 3.63) is 17.7 Å². The van der Waals surface area contributed by atoms with Crippen LogP contribution in [0.25, 0.3) is 0 Å². The third-order valence-corrected chi connectivity index (χ3v) is 2.71. The van der Waals surface area contributed by atoms with Crippen LogP contribution in [0.15, 0.2) is 12.1 Å². The van der Waals surface area contributed by atoms with Crippen LogP contribution >= 0.6 is 0 Å². The molecule has 1 rings (SSSR count). The largest absolute Gasteiger partial charge is 0.496 e. The number of nitrogens with two attached hydrogens (primary N) is 1. The van der Waals surface area contributed by atoms with Crippen molar-refractivity contribution >= 4 is 5.97 Å². The molecule has 0 spiro atoms. The van der Waals surface area contributed by atoms with Crippen LogP contribution in [0.2, 0.25) is 0 Å². The normalized spacial score (nSPS) is 11.8. The van der Waals surface area contributed by atoms with Crippen molar-refractivity contribution in [3.8, 4) is 17.2 Å². The van der Waals surface area contributed by atoms with Gasteiger partial charge in [0.2, 0.25) is 0 Å². The van der Waals surface area contributed by atoms with Gasteiger partial charge in [0.1, 0.15) is 5.75 Å². The molecule has 6 nitrogen and oxygen atoms in total. The van der Waals surface area contributed by atoms with Gasteiger partial charge in [-0.05, 0) is 18.1 Å². The SMILES string of the molecule is COc1cc(OC)c(OC)cc1CC(N)CC(=O)O. The van der Waals surface area contributed by atoms with E-state index in [4.69, 9.17) is 25.1 Å². The molecule has 1 aromatic rings. The maximum Gasteiger partial charge on any atom is 0.304 e. The molecule has 0 saturated carbocycles. The summed E-state index contributed by atoms with van der Waals surface area (Å²) >= 11 is 0. The van der Waals surface area contributed by atoms with E-state index in [0.717, 1.165) is 5.56 Å². The first-order valence-corrected chi connectivity index (χ1v) is 5.78. The molecule has 1 aromatic carbocycles. The quantitative estimate of drug-likeness (QED) is 0.769. The Morgan fingerprint density at radius 3 is 2.16 bits per heavy atom. The van der Waals surface area contributed by atoms with Crippen molar-refractivity contribution in [2.24, 2.45) is 5.73 Å². The molecule has 106 valence electrons. The molecule has 1 unspecified atom stereocenters. The first-order valence-electron chi connectivity index (χ1n) is 5.78. The molecule has 0 aliphatic rings. The van der Waals surface area contributed by atoms with E-state index in [2.05, 4.69) is 0 Å². The monoisotopic (exact) mass is 269 g/mol. The summed E-state index contributed by atoms with van der Waals surface area (Å²) < 4.78 is 15.6. The van der Waals surface area contributed by atoms with E-state index in [9.17, 15) is 4.79 Å². The number of ether oxygens (including phenoxy) is 3. The van der Waals surface area contributed by atoms with Crippen LogP contribution in [-0.2, 0) is 11.2 Å². The summed E-state index contributed by atoms with van der Waals surface area (Å²) in [5.74, 6) is 0.779. The van der Waals surface area contributed by atoms with E-state index < -0.39 is 12.0 Å². The number of hydrogen-bond donors (Lipinski definition) is 2. The van der Waals surface area contributed by atoms with Crippen LogP contribution < -0.4 is 19.9 Å². The van der Waals surface area contributed by atoms with Crippen LogP contribution in [0.4, 0.5) is 0 Å². The third-order valence-electron chi connectivity index (χ3n) is 2.71. The zero-order valence-electron chi connectivity index (χ0n) is 11.3. The van der Waals surface area contributed by atoms with E-state index in [1.165, 1.54) is 21.3 Å². The van der Waals surface area contributed by atoms with Gasteiger partial charge in [0.25, 0.3) is 0 Å². The fourth-order valence-electron chi connectivity index (χ4n) is 1.83. The summed E-state index contributed by atoms with van der Waals surface area (Å²) in [5, 5.41) is 8.72. The third kappa shape index (κ3) is 4.03. The predicted octanol–water partition coefficient (Wildman–Crippen LogP) is 1.06. The molecular weight excluding hydrogens is 250 g/mol. The topological polar surface area (TPSA) is 91.0 Å². The van der Waals surface area contributed by atoms with Gasteiger partial charge in [0, 0.05) is 12.1 Å². The van der Waals surface area contributed by atoms with E-state index in [1.807, 2.05) is 0 Å². The average Bonchev–Trinajstić information content (AvgIpc) is 2.37. The summed E-state index contributed by atoms with van der Waals surface area (Å²) in [5.41, 5.74) is 6.57. The maximum absolute atomic E-state index is 10.6. The van der Waals surface area contributed by atoms with Crippen molar-refractivity contribution in [2.45, 2.75) is 18.9 Å². The smallest absolute Gasteiger partial charge is 0.304 e. The predicted molar refractivity (Wildman–Crippen MR) is 70.0 cm³/mol. The zero-order chi connectivity index (χ0) is 14.4. The highest BCUT2D eigenvalue weighted by Gasteiger charge is 2.16. The standard InChI is InChI=1S/C13H19NO5/c1-17-10-7-12(19-3)11(18-2)5-8(10)4-9(14)6-13(15)16/h5,7,9H,4,6,14H2,1-3H3,(H,15,16). The number of carboxylic acids is 1. The number of aliphatic carboxylic acids is 1. The van der Waals surface area contributed by atoms with Gasteiger partial charge in [-0.3, -0.25) is 4.79 Å². The van der Waals surface area contributed by atoms with Crippen molar-refractivity contribution < 1.29 is 24.1 Å². The van der Waals surface area contributed by atoms with Gasteiger partial charge in [-0.1, -0.05) is 0 Å². The van der Waals surface area contributed by atoms with E-state index in [1.54, 1.807) is 12.1 Å². The Bertz CT molecular complexity index is 447. The number of methoxy groups -OCH3 is 3. The Kier molecular flexibility index (Phi) is 5.44.